The smallest absolute Gasteiger partial charge is 0.0469 e. The molecule has 1 unspecified atom stereocenters. The highest BCUT2D eigenvalue weighted by Gasteiger charge is 2.09. The monoisotopic (exact) mass is 249 g/mol. The summed E-state index contributed by atoms with van der Waals surface area (Å²) in [6, 6.07) is 8.56. The lowest BCUT2D eigenvalue weighted by molar-refractivity contribution is 0.118. The average molecular weight is 249 g/mol. The van der Waals surface area contributed by atoms with E-state index in [0.29, 0.717) is 5.92 Å². The van der Waals surface area contributed by atoms with Gasteiger partial charge in [-0.25, -0.2) is 0 Å². The molecule has 0 bridgehead atoms. The van der Waals surface area contributed by atoms with Crippen molar-refractivity contribution in [2.75, 3.05) is 19.8 Å². The minimum Gasteiger partial charge on any atom is -0.381 e. The van der Waals surface area contributed by atoms with Crippen LogP contribution in [0.15, 0.2) is 24.3 Å². The zero-order valence-electron chi connectivity index (χ0n) is 11.8. The minimum atomic E-state index is 0.535. The molecule has 2 N–H and O–H groups in total. The van der Waals surface area contributed by atoms with Crippen molar-refractivity contribution >= 4 is 0 Å². The number of unbranched alkanes of at least 4 members (excludes halogenated alkanes) is 1. The van der Waals surface area contributed by atoms with Crippen LogP contribution in [0.25, 0.3) is 0 Å². The lowest BCUT2D eigenvalue weighted by atomic mass is 9.94. The Labute approximate surface area is 112 Å². The second kappa shape index (κ2) is 9.12. The van der Waals surface area contributed by atoms with Gasteiger partial charge in [0.2, 0.25) is 0 Å². The molecular formula is C16H27NO. The minimum absolute atomic E-state index is 0.535. The highest BCUT2D eigenvalue weighted by atomic mass is 16.5. The summed E-state index contributed by atoms with van der Waals surface area (Å²) in [5.41, 5.74) is 8.64. The third kappa shape index (κ3) is 5.65. The maximum absolute atomic E-state index is 5.86. The topological polar surface area (TPSA) is 35.2 Å². The van der Waals surface area contributed by atoms with Crippen molar-refractivity contribution in [2.45, 2.75) is 39.5 Å². The van der Waals surface area contributed by atoms with Crippen LogP contribution < -0.4 is 5.73 Å². The first-order valence-electron chi connectivity index (χ1n) is 7.10. The average Bonchev–Trinajstić information content (AvgIpc) is 2.39. The number of aryl methyl sites for hydroxylation is 1. The number of benzene rings is 1. The van der Waals surface area contributed by atoms with Crippen molar-refractivity contribution in [2.24, 2.45) is 11.7 Å². The Morgan fingerprint density at radius 3 is 2.67 bits per heavy atom. The fraction of sp³-hybridized carbons (Fsp3) is 0.625. The van der Waals surface area contributed by atoms with E-state index in [4.69, 9.17) is 10.5 Å². The van der Waals surface area contributed by atoms with Gasteiger partial charge in [-0.1, -0.05) is 37.6 Å². The Morgan fingerprint density at radius 1 is 1.22 bits per heavy atom. The largest absolute Gasteiger partial charge is 0.381 e. The Kier molecular flexibility index (Phi) is 7.70. The fourth-order valence-electron chi connectivity index (χ4n) is 2.05. The van der Waals surface area contributed by atoms with Crippen LogP contribution >= 0.6 is 0 Å². The summed E-state index contributed by atoms with van der Waals surface area (Å²) in [7, 11) is 0. The second-order valence-corrected chi connectivity index (χ2v) is 4.99. The van der Waals surface area contributed by atoms with Crippen molar-refractivity contribution in [1.82, 2.24) is 0 Å². The molecule has 1 rings (SSSR count). The van der Waals surface area contributed by atoms with E-state index in [1.807, 2.05) is 0 Å². The van der Waals surface area contributed by atoms with Crippen molar-refractivity contribution in [3.05, 3.63) is 35.4 Å². The van der Waals surface area contributed by atoms with Crippen LogP contribution in [0.5, 0.6) is 0 Å². The molecule has 1 atom stereocenters. The summed E-state index contributed by atoms with van der Waals surface area (Å²) in [4.78, 5) is 0. The van der Waals surface area contributed by atoms with Gasteiger partial charge in [0.15, 0.2) is 0 Å². The zero-order chi connectivity index (χ0) is 13.2. The van der Waals surface area contributed by atoms with Crippen molar-refractivity contribution in [3.63, 3.8) is 0 Å². The number of rotatable bonds is 9. The van der Waals surface area contributed by atoms with E-state index in [-0.39, 0.29) is 0 Å². The van der Waals surface area contributed by atoms with Crippen LogP contribution in [0, 0.1) is 12.8 Å². The van der Waals surface area contributed by atoms with Crippen molar-refractivity contribution in [3.8, 4) is 0 Å². The van der Waals surface area contributed by atoms with Gasteiger partial charge in [-0.3, -0.25) is 0 Å². The highest BCUT2D eigenvalue weighted by Crippen LogP contribution is 2.15. The van der Waals surface area contributed by atoms with Crippen molar-refractivity contribution < 1.29 is 4.74 Å². The van der Waals surface area contributed by atoms with Gasteiger partial charge >= 0.3 is 0 Å². The first-order chi connectivity index (χ1) is 8.77. The molecule has 0 aromatic heterocycles. The SMILES string of the molecule is CCCCOCCC(CN)Cc1ccccc1C. The molecule has 0 saturated heterocycles. The number of hydrogen-bond donors (Lipinski definition) is 1. The van der Waals surface area contributed by atoms with E-state index in [1.165, 1.54) is 17.5 Å². The van der Waals surface area contributed by atoms with Gasteiger partial charge < -0.3 is 10.5 Å². The summed E-state index contributed by atoms with van der Waals surface area (Å²) < 4.78 is 5.62. The Hall–Kier alpha value is -0.860. The van der Waals surface area contributed by atoms with E-state index in [0.717, 1.165) is 39.0 Å². The third-order valence-electron chi connectivity index (χ3n) is 3.42. The first kappa shape index (κ1) is 15.2. The fourth-order valence-corrected chi connectivity index (χ4v) is 2.05. The number of nitrogens with two attached hydrogens (primary N) is 1. The van der Waals surface area contributed by atoms with E-state index in [9.17, 15) is 0 Å². The summed E-state index contributed by atoms with van der Waals surface area (Å²) in [5.74, 6) is 0.535. The van der Waals surface area contributed by atoms with E-state index in [2.05, 4.69) is 38.1 Å². The molecule has 0 amide bonds. The standard InChI is InChI=1S/C16H27NO/c1-3-4-10-18-11-9-15(13-17)12-16-8-6-5-7-14(16)2/h5-8,15H,3-4,9-13,17H2,1-2H3. The molecule has 102 valence electrons. The van der Waals surface area contributed by atoms with Gasteiger partial charge in [0.25, 0.3) is 0 Å². The quantitative estimate of drug-likeness (QED) is 0.681. The molecule has 18 heavy (non-hydrogen) atoms. The molecule has 0 spiro atoms. The predicted octanol–water partition coefficient (Wildman–Crippen LogP) is 3.32. The molecule has 0 aliphatic heterocycles. The van der Waals surface area contributed by atoms with Crippen LogP contribution in [0.1, 0.15) is 37.3 Å². The Morgan fingerprint density at radius 2 is 2.00 bits per heavy atom. The van der Waals surface area contributed by atoms with Crippen LogP contribution in [0.3, 0.4) is 0 Å². The van der Waals surface area contributed by atoms with Crippen LogP contribution in [0.2, 0.25) is 0 Å². The summed E-state index contributed by atoms with van der Waals surface area (Å²) in [5, 5.41) is 0. The van der Waals surface area contributed by atoms with Crippen molar-refractivity contribution in [1.29, 1.82) is 0 Å². The molecule has 0 saturated carbocycles. The van der Waals surface area contributed by atoms with Crippen LogP contribution in [-0.2, 0) is 11.2 Å². The number of ether oxygens (including phenoxy) is 1. The van der Waals surface area contributed by atoms with Gasteiger partial charge in [0, 0.05) is 13.2 Å². The highest BCUT2D eigenvalue weighted by molar-refractivity contribution is 5.25. The van der Waals surface area contributed by atoms with Gasteiger partial charge in [-0.05, 0) is 49.8 Å². The normalized spacial score (nSPS) is 12.6. The van der Waals surface area contributed by atoms with E-state index < -0.39 is 0 Å². The third-order valence-corrected chi connectivity index (χ3v) is 3.42. The van der Waals surface area contributed by atoms with Gasteiger partial charge in [-0.2, -0.15) is 0 Å². The zero-order valence-corrected chi connectivity index (χ0v) is 11.8. The molecule has 2 heteroatoms. The number of hydrogen-bond acceptors (Lipinski definition) is 2. The predicted molar refractivity (Wildman–Crippen MR) is 77.8 cm³/mol. The molecular weight excluding hydrogens is 222 g/mol. The molecule has 0 radical (unpaired) electrons. The van der Waals surface area contributed by atoms with Crippen LogP contribution in [-0.4, -0.2) is 19.8 Å². The van der Waals surface area contributed by atoms with Gasteiger partial charge in [0.1, 0.15) is 0 Å². The molecule has 2 nitrogen and oxygen atoms in total. The van der Waals surface area contributed by atoms with Crippen LogP contribution in [0.4, 0.5) is 0 Å². The van der Waals surface area contributed by atoms with E-state index in [1.54, 1.807) is 0 Å². The summed E-state index contributed by atoms with van der Waals surface area (Å²) in [6.45, 7) is 6.82. The van der Waals surface area contributed by atoms with Gasteiger partial charge in [-0.15, -0.1) is 0 Å². The molecule has 0 aliphatic carbocycles. The lowest BCUT2D eigenvalue weighted by Gasteiger charge is -2.16. The summed E-state index contributed by atoms with van der Waals surface area (Å²) in [6.07, 6.45) is 4.49. The molecule has 0 heterocycles. The lowest BCUT2D eigenvalue weighted by Crippen LogP contribution is -2.19. The Balaban J connectivity index is 2.31. The molecule has 0 aliphatic rings. The maximum atomic E-state index is 5.86. The summed E-state index contributed by atoms with van der Waals surface area (Å²) >= 11 is 0. The van der Waals surface area contributed by atoms with Gasteiger partial charge in [0.05, 0.1) is 0 Å². The maximum Gasteiger partial charge on any atom is 0.0469 e. The molecule has 1 aromatic rings. The first-order valence-corrected chi connectivity index (χ1v) is 7.10. The Bertz CT molecular complexity index is 325. The second-order valence-electron chi connectivity index (χ2n) is 4.99. The molecule has 0 fully saturated rings. The van der Waals surface area contributed by atoms with E-state index >= 15 is 0 Å². The molecule has 1 aromatic carbocycles.